The van der Waals surface area contributed by atoms with Crippen molar-refractivity contribution in [3.63, 3.8) is 0 Å². The fraction of sp³-hybridized carbons (Fsp3) is 0.343. The third kappa shape index (κ3) is 6.83. The molecule has 0 saturated carbocycles. The van der Waals surface area contributed by atoms with Gasteiger partial charge >= 0.3 is 6.09 Å². The molecule has 7 nitrogen and oxygen atoms in total. The lowest BCUT2D eigenvalue weighted by Gasteiger charge is -2.33. The van der Waals surface area contributed by atoms with Gasteiger partial charge in [0.25, 0.3) is 5.91 Å². The van der Waals surface area contributed by atoms with Crippen LogP contribution in [0.2, 0.25) is 0 Å². The van der Waals surface area contributed by atoms with Gasteiger partial charge < -0.3 is 19.5 Å². The second kappa shape index (κ2) is 12.0. The van der Waals surface area contributed by atoms with Crippen LogP contribution in [0, 0.1) is 0 Å². The number of carbonyl (C=O) groups excluding carboxylic acids is 3. The predicted octanol–water partition coefficient (Wildman–Crippen LogP) is 7.67. The topological polar surface area (TPSA) is 92.8 Å². The Bertz CT molecular complexity index is 1740. The maximum absolute atomic E-state index is 14.6. The first-order valence-electron chi connectivity index (χ1n) is 14.7. The summed E-state index contributed by atoms with van der Waals surface area (Å²) in [4.78, 5) is 42.7. The van der Waals surface area contributed by atoms with Gasteiger partial charge in [-0.15, -0.1) is 0 Å². The molecule has 4 aromatic rings. The van der Waals surface area contributed by atoms with Gasteiger partial charge in [0.2, 0.25) is 0 Å². The monoisotopic (exact) mass is 598 g/mol. The number of nitrogens with one attached hydrogen (secondary N) is 1. The van der Waals surface area contributed by atoms with Gasteiger partial charge in [-0.05, 0) is 86.2 Å². The summed E-state index contributed by atoms with van der Waals surface area (Å²) in [5, 5.41) is 6.43. The number of fused-ring (bicyclic) bond motifs is 2. The average Bonchev–Trinajstić information content (AvgIpc) is 2.95. The van der Waals surface area contributed by atoms with Crippen molar-refractivity contribution in [3.05, 3.63) is 95.6 Å². The minimum atomic E-state index is -3.03. The third-order valence-electron chi connectivity index (χ3n) is 7.87. The zero-order valence-electron chi connectivity index (χ0n) is 25.4. The lowest BCUT2D eigenvalue weighted by Crippen LogP contribution is -2.47. The number of alkyl carbamates (subject to hydrolysis) is 1. The van der Waals surface area contributed by atoms with E-state index in [0.717, 1.165) is 21.5 Å². The van der Waals surface area contributed by atoms with Gasteiger partial charge in [-0.1, -0.05) is 66.7 Å². The van der Waals surface area contributed by atoms with E-state index in [-0.39, 0.29) is 23.3 Å². The van der Waals surface area contributed by atoms with Gasteiger partial charge in [-0.3, -0.25) is 9.59 Å². The van der Waals surface area contributed by atoms with Gasteiger partial charge in [0.15, 0.2) is 5.78 Å². The standard InChI is InChI=1S/C35H39N2O5P/c1-35(2,3)42-34(40)36-26-17-19-37(20-18-26)33(39)30-22-25-13-7-6-12-24(25)21-29(30)31(38)32(43(4,5)41)28-16-10-14-23-11-8-9-15-27(23)28/h6-16,21-22,26,32H,17-20H2,1-5H3,(H,36,40). The highest BCUT2D eigenvalue weighted by atomic mass is 31.2. The number of nitrogens with zero attached hydrogens (tertiary/aromatic N) is 1. The summed E-state index contributed by atoms with van der Waals surface area (Å²) >= 11 is 0. The fourth-order valence-electron chi connectivity index (χ4n) is 5.89. The summed E-state index contributed by atoms with van der Waals surface area (Å²) in [5.41, 5.74) is -0.211. The van der Waals surface area contributed by atoms with Crippen LogP contribution in [-0.2, 0) is 9.30 Å². The SMILES string of the molecule is CC(C)(C)OC(=O)NC1CCN(C(=O)c2cc3ccccc3cc2C(=O)C(c2cccc3ccccc23)P(C)(C)=O)CC1. The fourth-order valence-corrected chi connectivity index (χ4v) is 7.49. The molecule has 0 radical (unpaired) electrons. The molecule has 1 saturated heterocycles. The predicted molar refractivity (Wildman–Crippen MR) is 173 cm³/mol. The molecule has 1 N–H and O–H groups in total. The minimum absolute atomic E-state index is 0.113. The van der Waals surface area contributed by atoms with Crippen LogP contribution >= 0.6 is 7.14 Å². The van der Waals surface area contributed by atoms with E-state index in [4.69, 9.17) is 4.74 Å². The molecule has 1 aliphatic rings. The van der Waals surface area contributed by atoms with Crippen LogP contribution in [0.1, 0.15) is 65.6 Å². The quantitative estimate of drug-likeness (QED) is 0.182. The number of Topliss-reactive ketones (excluding diaryl/α,β-unsaturated/α-hetero) is 1. The number of rotatable bonds is 6. The summed E-state index contributed by atoms with van der Waals surface area (Å²) in [6, 6.07) is 24.6. The van der Waals surface area contributed by atoms with Gasteiger partial charge in [0.05, 0.1) is 12.7 Å². The van der Waals surface area contributed by atoms with Gasteiger partial charge in [0, 0.05) is 24.7 Å². The van der Waals surface area contributed by atoms with E-state index in [2.05, 4.69) is 5.32 Å². The van der Waals surface area contributed by atoms with E-state index in [1.54, 1.807) is 30.4 Å². The van der Waals surface area contributed by atoms with Crippen molar-refractivity contribution in [1.29, 1.82) is 0 Å². The average molecular weight is 599 g/mol. The van der Waals surface area contributed by atoms with Crippen molar-refractivity contribution >= 4 is 46.5 Å². The molecule has 8 heteroatoms. The molecular weight excluding hydrogens is 559 g/mol. The Labute approximate surface area is 253 Å². The Morgan fingerprint density at radius 1 is 0.837 bits per heavy atom. The lowest BCUT2D eigenvalue weighted by atomic mass is 9.92. The van der Waals surface area contributed by atoms with Crippen molar-refractivity contribution in [2.24, 2.45) is 0 Å². The summed E-state index contributed by atoms with van der Waals surface area (Å²) in [5.74, 6) is -0.566. The maximum Gasteiger partial charge on any atom is 0.407 e. The smallest absolute Gasteiger partial charge is 0.407 e. The molecule has 1 aliphatic heterocycles. The molecule has 5 rings (SSSR count). The minimum Gasteiger partial charge on any atom is -0.444 e. The van der Waals surface area contributed by atoms with Crippen LogP contribution in [0.4, 0.5) is 4.79 Å². The number of hydrogen-bond acceptors (Lipinski definition) is 5. The number of likely N-dealkylation sites (tertiary alicyclic amines) is 1. The van der Waals surface area contributed by atoms with E-state index in [0.29, 0.717) is 37.1 Å². The van der Waals surface area contributed by atoms with E-state index >= 15 is 0 Å². The highest BCUT2D eigenvalue weighted by molar-refractivity contribution is 7.63. The zero-order valence-corrected chi connectivity index (χ0v) is 26.3. The first-order chi connectivity index (χ1) is 20.3. The number of piperidine rings is 1. The number of carbonyl (C=O) groups is 3. The Balaban J connectivity index is 1.49. The second-order valence-electron chi connectivity index (χ2n) is 12.7. The Morgan fingerprint density at radius 3 is 2.00 bits per heavy atom. The van der Waals surface area contributed by atoms with Crippen LogP contribution in [0.5, 0.6) is 0 Å². The van der Waals surface area contributed by atoms with Crippen molar-refractivity contribution in [1.82, 2.24) is 10.2 Å². The Hall–Kier alpha value is -3.96. The van der Waals surface area contributed by atoms with E-state index in [1.165, 1.54) is 0 Å². The number of ether oxygens (including phenoxy) is 1. The first-order valence-corrected chi connectivity index (χ1v) is 17.4. The number of benzene rings is 4. The molecule has 0 bridgehead atoms. The molecule has 1 heterocycles. The van der Waals surface area contributed by atoms with Crippen molar-refractivity contribution in [2.45, 2.75) is 50.9 Å². The van der Waals surface area contributed by atoms with Crippen LogP contribution < -0.4 is 5.32 Å². The van der Waals surface area contributed by atoms with E-state index in [9.17, 15) is 18.9 Å². The highest BCUT2D eigenvalue weighted by Crippen LogP contribution is 2.55. The first kappa shape index (κ1) is 30.5. The van der Waals surface area contributed by atoms with Crippen molar-refractivity contribution < 1.29 is 23.7 Å². The number of amides is 2. The lowest BCUT2D eigenvalue weighted by molar-refractivity contribution is 0.0473. The third-order valence-corrected chi connectivity index (χ3v) is 9.63. The van der Waals surface area contributed by atoms with E-state index < -0.39 is 24.5 Å². The van der Waals surface area contributed by atoms with Crippen LogP contribution in [0.15, 0.2) is 78.9 Å². The number of hydrogen-bond donors (Lipinski definition) is 1. The zero-order chi connectivity index (χ0) is 30.9. The van der Waals surface area contributed by atoms with Gasteiger partial charge in [0.1, 0.15) is 11.3 Å². The van der Waals surface area contributed by atoms with Gasteiger partial charge in [-0.25, -0.2) is 4.79 Å². The highest BCUT2D eigenvalue weighted by Gasteiger charge is 2.37. The Kier molecular flexibility index (Phi) is 8.49. The molecule has 1 atom stereocenters. The summed E-state index contributed by atoms with van der Waals surface area (Å²) < 4.78 is 19.3. The molecule has 0 aromatic heterocycles. The van der Waals surface area contributed by atoms with Crippen molar-refractivity contribution in [3.8, 4) is 0 Å². The van der Waals surface area contributed by atoms with Crippen molar-refractivity contribution in [2.75, 3.05) is 26.4 Å². The molecule has 1 unspecified atom stereocenters. The molecule has 224 valence electrons. The summed E-state index contributed by atoms with van der Waals surface area (Å²) in [6.07, 6.45) is 0.668. The van der Waals surface area contributed by atoms with Crippen LogP contribution in [0.3, 0.4) is 0 Å². The molecule has 4 aromatic carbocycles. The normalized spacial score (nSPS) is 15.3. The molecule has 0 aliphatic carbocycles. The summed E-state index contributed by atoms with van der Waals surface area (Å²) in [7, 11) is -3.03. The van der Waals surface area contributed by atoms with Crippen LogP contribution in [0.25, 0.3) is 21.5 Å². The largest absolute Gasteiger partial charge is 0.444 e. The van der Waals surface area contributed by atoms with E-state index in [1.807, 2.05) is 87.5 Å². The molecule has 1 fully saturated rings. The van der Waals surface area contributed by atoms with Gasteiger partial charge in [-0.2, -0.15) is 0 Å². The molecule has 2 amide bonds. The second-order valence-corrected chi connectivity index (χ2v) is 16.1. The Morgan fingerprint density at radius 2 is 1.40 bits per heavy atom. The molecule has 0 spiro atoms. The molecule has 43 heavy (non-hydrogen) atoms. The maximum atomic E-state index is 14.6. The summed E-state index contributed by atoms with van der Waals surface area (Å²) in [6.45, 7) is 9.58. The molecular formula is C35H39N2O5P. The number of ketones is 1. The van der Waals surface area contributed by atoms with Crippen LogP contribution in [-0.4, -0.2) is 60.7 Å².